The van der Waals surface area contributed by atoms with E-state index >= 15 is 0 Å². The van der Waals surface area contributed by atoms with Crippen molar-refractivity contribution in [1.82, 2.24) is 14.9 Å². The van der Waals surface area contributed by atoms with Gasteiger partial charge in [0.25, 0.3) is 5.91 Å². The van der Waals surface area contributed by atoms with Crippen LogP contribution in [0.5, 0.6) is 5.75 Å². The van der Waals surface area contributed by atoms with Crippen molar-refractivity contribution >= 4 is 11.7 Å². The molecule has 0 fully saturated rings. The van der Waals surface area contributed by atoms with Crippen molar-refractivity contribution in [2.75, 3.05) is 5.32 Å². The van der Waals surface area contributed by atoms with Crippen molar-refractivity contribution < 1.29 is 18.4 Å². The highest BCUT2D eigenvalue weighted by atomic mass is 19.1. The van der Waals surface area contributed by atoms with Crippen LogP contribution in [-0.2, 0) is 13.2 Å². The predicted octanol–water partition coefficient (Wildman–Crippen LogP) is 5.12. The van der Waals surface area contributed by atoms with Gasteiger partial charge in [0, 0.05) is 17.3 Å². The molecular formula is C25H25FN4O3. The monoisotopic (exact) mass is 448 g/mol. The number of rotatable bonds is 7. The topological polar surface area (TPSA) is 82.2 Å². The molecule has 0 bridgehead atoms. The number of nitrogens with one attached hydrogen (secondary N) is 1. The molecule has 4 aromatic rings. The molecule has 33 heavy (non-hydrogen) atoms. The summed E-state index contributed by atoms with van der Waals surface area (Å²) in [5.74, 6) is 0.832. The number of aryl methyl sites for hydroxylation is 3. The largest absolute Gasteiger partial charge is 0.488 e. The summed E-state index contributed by atoms with van der Waals surface area (Å²) >= 11 is 0. The van der Waals surface area contributed by atoms with Gasteiger partial charge >= 0.3 is 0 Å². The van der Waals surface area contributed by atoms with Crippen LogP contribution < -0.4 is 10.1 Å². The number of nitrogens with zero attached hydrogens (tertiary/aromatic N) is 3. The first-order chi connectivity index (χ1) is 15.8. The third-order valence-electron chi connectivity index (χ3n) is 5.63. The Morgan fingerprint density at radius 3 is 2.70 bits per heavy atom. The number of aromatic nitrogens is 3. The predicted molar refractivity (Wildman–Crippen MR) is 122 cm³/mol. The fourth-order valence-corrected chi connectivity index (χ4v) is 3.46. The van der Waals surface area contributed by atoms with Gasteiger partial charge in [-0.3, -0.25) is 9.48 Å². The minimum atomic E-state index is -0.457. The quantitative estimate of drug-likeness (QED) is 0.424. The molecule has 1 N–H and O–H groups in total. The van der Waals surface area contributed by atoms with E-state index in [0.29, 0.717) is 22.7 Å². The van der Waals surface area contributed by atoms with Crippen LogP contribution in [0.15, 0.2) is 53.1 Å². The summed E-state index contributed by atoms with van der Waals surface area (Å²) in [4.78, 5) is 12.9. The molecule has 0 atom stereocenters. The summed E-state index contributed by atoms with van der Waals surface area (Å²) in [6.45, 7) is 7.97. The first-order valence-corrected chi connectivity index (χ1v) is 10.6. The summed E-state index contributed by atoms with van der Waals surface area (Å²) in [6.07, 6.45) is 0. The molecule has 2 heterocycles. The number of amides is 1. The lowest BCUT2D eigenvalue weighted by molar-refractivity contribution is 0.101. The average molecular weight is 448 g/mol. The van der Waals surface area contributed by atoms with Crippen molar-refractivity contribution in [3.05, 3.63) is 93.8 Å². The van der Waals surface area contributed by atoms with E-state index in [2.05, 4.69) is 15.6 Å². The lowest BCUT2D eigenvalue weighted by Crippen LogP contribution is -2.16. The highest BCUT2D eigenvalue weighted by Crippen LogP contribution is 2.24. The summed E-state index contributed by atoms with van der Waals surface area (Å²) in [5, 5.41) is 11.1. The van der Waals surface area contributed by atoms with Crippen molar-refractivity contribution in [2.45, 2.75) is 40.8 Å². The third kappa shape index (κ3) is 4.79. The van der Waals surface area contributed by atoms with Gasteiger partial charge in [-0.25, -0.2) is 4.39 Å². The SMILES string of the molecule is Cc1cccc(OCc2c(C(=O)Nc3cc(C)n(Cc4ccccc4F)n3)noc2C)c1C. The van der Waals surface area contributed by atoms with E-state index in [9.17, 15) is 9.18 Å². The Balaban J connectivity index is 1.48. The molecule has 2 aromatic carbocycles. The number of carbonyl (C=O) groups is 1. The number of hydrogen-bond donors (Lipinski definition) is 1. The zero-order valence-electron chi connectivity index (χ0n) is 19.0. The van der Waals surface area contributed by atoms with Gasteiger partial charge in [0.15, 0.2) is 11.5 Å². The summed E-state index contributed by atoms with van der Waals surface area (Å²) in [5.41, 5.74) is 4.15. The van der Waals surface area contributed by atoms with Gasteiger partial charge in [-0.2, -0.15) is 5.10 Å². The average Bonchev–Trinajstić information content (AvgIpc) is 3.32. The molecule has 0 spiro atoms. The second-order valence-corrected chi connectivity index (χ2v) is 7.93. The van der Waals surface area contributed by atoms with Gasteiger partial charge in [-0.15, -0.1) is 0 Å². The number of halogens is 1. The maximum absolute atomic E-state index is 14.0. The Bertz CT molecular complexity index is 1310. The molecule has 0 aliphatic heterocycles. The van der Waals surface area contributed by atoms with Crippen molar-refractivity contribution in [3.8, 4) is 5.75 Å². The van der Waals surface area contributed by atoms with Crippen LogP contribution in [0, 0.1) is 33.5 Å². The molecule has 0 saturated heterocycles. The molecule has 8 heteroatoms. The fraction of sp³-hybridized carbons (Fsp3) is 0.240. The highest BCUT2D eigenvalue weighted by Gasteiger charge is 2.22. The van der Waals surface area contributed by atoms with E-state index in [1.165, 1.54) is 6.07 Å². The maximum atomic E-state index is 14.0. The normalized spacial score (nSPS) is 10.9. The van der Waals surface area contributed by atoms with Gasteiger partial charge in [-0.1, -0.05) is 35.5 Å². The molecular weight excluding hydrogens is 423 g/mol. The number of carbonyl (C=O) groups excluding carboxylic acids is 1. The van der Waals surface area contributed by atoms with Gasteiger partial charge in [0.05, 0.1) is 12.1 Å². The van der Waals surface area contributed by atoms with Gasteiger partial charge in [-0.05, 0) is 51.0 Å². The lowest BCUT2D eigenvalue weighted by Gasteiger charge is -2.11. The van der Waals surface area contributed by atoms with E-state index in [-0.39, 0.29) is 24.7 Å². The van der Waals surface area contributed by atoms with Crippen LogP contribution in [0.2, 0.25) is 0 Å². The summed E-state index contributed by atoms with van der Waals surface area (Å²) in [7, 11) is 0. The second-order valence-electron chi connectivity index (χ2n) is 7.93. The summed E-state index contributed by atoms with van der Waals surface area (Å²) < 4.78 is 26.8. The molecule has 0 radical (unpaired) electrons. The first-order valence-electron chi connectivity index (χ1n) is 10.6. The molecule has 0 aliphatic carbocycles. The van der Waals surface area contributed by atoms with E-state index in [1.54, 1.807) is 35.9 Å². The number of hydrogen-bond acceptors (Lipinski definition) is 5. The first kappa shape index (κ1) is 22.3. The Kier molecular flexibility index (Phi) is 6.26. The Morgan fingerprint density at radius 2 is 1.91 bits per heavy atom. The van der Waals surface area contributed by atoms with E-state index in [4.69, 9.17) is 9.26 Å². The van der Waals surface area contributed by atoms with Crippen molar-refractivity contribution in [2.24, 2.45) is 0 Å². The van der Waals surface area contributed by atoms with E-state index < -0.39 is 5.91 Å². The minimum absolute atomic E-state index is 0.138. The van der Waals surface area contributed by atoms with Crippen molar-refractivity contribution in [1.29, 1.82) is 0 Å². The highest BCUT2D eigenvalue weighted by molar-refractivity contribution is 6.03. The molecule has 2 aromatic heterocycles. The van der Waals surface area contributed by atoms with Crippen LogP contribution >= 0.6 is 0 Å². The Morgan fingerprint density at radius 1 is 1.12 bits per heavy atom. The van der Waals surface area contributed by atoms with Crippen LogP contribution in [0.3, 0.4) is 0 Å². The van der Waals surface area contributed by atoms with E-state index in [1.807, 2.05) is 39.0 Å². The van der Waals surface area contributed by atoms with Crippen LogP contribution in [0.4, 0.5) is 10.2 Å². The number of anilines is 1. The molecule has 0 aliphatic rings. The molecule has 1 amide bonds. The zero-order chi connectivity index (χ0) is 23.5. The fourth-order valence-electron chi connectivity index (χ4n) is 3.46. The standard InChI is InChI=1S/C25H25FN4O3/c1-15-8-7-11-22(17(15)3)32-14-20-18(4)33-29-24(20)25(31)27-23-12-16(2)30(28-23)13-19-9-5-6-10-21(19)26/h5-12H,13-14H2,1-4H3,(H,27,28,31). The molecule has 4 rings (SSSR count). The molecule has 170 valence electrons. The summed E-state index contributed by atoms with van der Waals surface area (Å²) in [6, 6.07) is 14.1. The molecule has 0 unspecified atom stereocenters. The van der Waals surface area contributed by atoms with Gasteiger partial charge < -0.3 is 14.6 Å². The maximum Gasteiger partial charge on any atom is 0.279 e. The number of benzene rings is 2. The number of ether oxygens (including phenoxy) is 1. The second kappa shape index (κ2) is 9.28. The van der Waals surface area contributed by atoms with Crippen LogP contribution in [0.1, 0.15) is 44.2 Å². The van der Waals surface area contributed by atoms with Crippen LogP contribution in [-0.4, -0.2) is 20.8 Å². The third-order valence-corrected chi connectivity index (χ3v) is 5.63. The van der Waals surface area contributed by atoms with E-state index in [0.717, 1.165) is 22.6 Å². The Labute approximate surface area is 191 Å². The zero-order valence-corrected chi connectivity index (χ0v) is 19.0. The molecule has 0 saturated carbocycles. The smallest absolute Gasteiger partial charge is 0.279 e. The minimum Gasteiger partial charge on any atom is -0.488 e. The van der Waals surface area contributed by atoms with Crippen LogP contribution in [0.25, 0.3) is 0 Å². The molecule has 7 nitrogen and oxygen atoms in total. The van der Waals surface area contributed by atoms with Gasteiger partial charge in [0.2, 0.25) is 0 Å². The Hall–Kier alpha value is -3.94. The van der Waals surface area contributed by atoms with Crippen molar-refractivity contribution in [3.63, 3.8) is 0 Å². The lowest BCUT2D eigenvalue weighted by atomic mass is 10.1. The van der Waals surface area contributed by atoms with Gasteiger partial charge in [0.1, 0.15) is 23.9 Å².